The standard InChI is InChI=1S/C14H19N3O2S/c1-11-5-3-4-6-14(11)17(2)20(18,19)13-8-7-12(9-15)16-10-13/h7-8,10-11,14H,3-6H2,1-2H3. The van der Waals surface area contributed by atoms with Crippen LogP contribution in [0, 0.1) is 17.2 Å². The van der Waals surface area contributed by atoms with Crippen molar-refractivity contribution in [2.75, 3.05) is 7.05 Å². The van der Waals surface area contributed by atoms with E-state index in [1.807, 2.05) is 6.07 Å². The second-order valence-corrected chi connectivity index (χ2v) is 7.34. The van der Waals surface area contributed by atoms with E-state index in [1.165, 1.54) is 29.1 Å². The van der Waals surface area contributed by atoms with E-state index in [2.05, 4.69) is 11.9 Å². The lowest BCUT2D eigenvalue weighted by molar-refractivity contribution is 0.213. The first-order chi connectivity index (χ1) is 9.46. The van der Waals surface area contributed by atoms with Crippen LogP contribution in [-0.4, -0.2) is 30.8 Å². The van der Waals surface area contributed by atoms with Gasteiger partial charge in [0.2, 0.25) is 10.0 Å². The quantitative estimate of drug-likeness (QED) is 0.856. The van der Waals surface area contributed by atoms with Crippen molar-refractivity contribution in [3.05, 3.63) is 24.0 Å². The molecule has 0 radical (unpaired) electrons. The molecule has 0 amide bonds. The van der Waals surface area contributed by atoms with Gasteiger partial charge in [-0.1, -0.05) is 19.8 Å². The summed E-state index contributed by atoms with van der Waals surface area (Å²) < 4.78 is 26.6. The van der Waals surface area contributed by atoms with E-state index in [0.29, 0.717) is 5.92 Å². The van der Waals surface area contributed by atoms with Gasteiger partial charge in [-0.15, -0.1) is 0 Å². The van der Waals surface area contributed by atoms with Crippen LogP contribution < -0.4 is 0 Å². The van der Waals surface area contributed by atoms with Crippen molar-refractivity contribution in [3.63, 3.8) is 0 Å². The van der Waals surface area contributed by atoms with Gasteiger partial charge in [0.05, 0.1) is 0 Å². The summed E-state index contributed by atoms with van der Waals surface area (Å²) in [6.07, 6.45) is 5.47. The fraction of sp³-hybridized carbons (Fsp3) is 0.571. The van der Waals surface area contributed by atoms with Gasteiger partial charge in [0.25, 0.3) is 0 Å². The Hall–Kier alpha value is -1.45. The highest BCUT2D eigenvalue weighted by atomic mass is 32.2. The summed E-state index contributed by atoms with van der Waals surface area (Å²) in [4.78, 5) is 3.99. The van der Waals surface area contributed by atoms with Crippen molar-refractivity contribution < 1.29 is 8.42 Å². The van der Waals surface area contributed by atoms with Crippen LogP contribution in [0.15, 0.2) is 23.2 Å². The Morgan fingerprint density at radius 1 is 1.35 bits per heavy atom. The molecule has 1 aromatic heterocycles. The smallest absolute Gasteiger partial charge is 0.244 e. The van der Waals surface area contributed by atoms with Crippen LogP contribution in [0.5, 0.6) is 0 Å². The molecular formula is C14H19N3O2S. The van der Waals surface area contributed by atoms with Gasteiger partial charge in [0.15, 0.2) is 0 Å². The van der Waals surface area contributed by atoms with Gasteiger partial charge in [-0.2, -0.15) is 9.57 Å². The van der Waals surface area contributed by atoms with E-state index >= 15 is 0 Å². The molecule has 108 valence electrons. The maximum Gasteiger partial charge on any atom is 0.244 e. The molecule has 1 aliphatic rings. The monoisotopic (exact) mass is 293 g/mol. The minimum absolute atomic E-state index is 0.0457. The number of nitriles is 1. The molecule has 1 fully saturated rings. The lowest BCUT2D eigenvalue weighted by Crippen LogP contribution is -2.42. The number of pyridine rings is 1. The predicted molar refractivity (Wildman–Crippen MR) is 75.3 cm³/mol. The highest BCUT2D eigenvalue weighted by Gasteiger charge is 2.33. The minimum atomic E-state index is -3.54. The number of nitrogens with zero attached hydrogens (tertiary/aromatic N) is 3. The van der Waals surface area contributed by atoms with E-state index in [4.69, 9.17) is 5.26 Å². The molecule has 2 unspecified atom stereocenters. The summed E-state index contributed by atoms with van der Waals surface area (Å²) in [5.74, 6) is 0.370. The molecule has 0 N–H and O–H groups in total. The maximum absolute atomic E-state index is 12.6. The average Bonchev–Trinajstić information content (AvgIpc) is 2.47. The fourth-order valence-electron chi connectivity index (χ4n) is 2.78. The molecule has 0 spiro atoms. The highest BCUT2D eigenvalue weighted by Crippen LogP contribution is 2.30. The lowest BCUT2D eigenvalue weighted by atomic mass is 9.86. The van der Waals surface area contributed by atoms with Crippen LogP contribution in [0.3, 0.4) is 0 Å². The number of sulfonamides is 1. The van der Waals surface area contributed by atoms with Crippen LogP contribution in [-0.2, 0) is 10.0 Å². The molecule has 5 nitrogen and oxygen atoms in total. The first kappa shape index (κ1) is 14.9. The van der Waals surface area contributed by atoms with Gasteiger partial charge >= 0.3 is 0 Å². The van der Waals surface area contributed by atoms with E-state index < -0.39 is 10.0 Å². The highest BCUT2D eigenvalue weighted by molar-refractivity contribution is 7.89. The SMILES string of the molecule is CC1CCCCC1N(C)S(=O)(=O)c1ccc(C#N)nc1. The van der Waals surface area contributed by atoms with Crippen LogP contribution in [0.2, 0.25) is 0 Å². The van der Waals surface area contributed by atoms with Gasteiger partial charge in [-0.3, -0.25) is 0 Å². The Morgan fingerprint density at radius 3 is 2.60 bits per heavy atom. The Balaban J connectivity index is 2.26. The van der Waals surface area contributed by atoms with Crippen molar-refractivity contribution in [3.8, 4) is 6.07 Å². The third-order valence-electron chi connectivity index (χ3n) is 4.06. The molecule has 2 rings (SSSR count). The zero-order valence-corrected chi connectivity index (χ0v) is 12.6. The summed E-state index contributed by atoms with van der Waals surface area (Å²) in [5, 5.41) is 8.71. The molecule has 2 atom stereocenters. The third-order valence-corrected chi connectivity index (χ3v) is 5.93. The summed E-state index contributed by atoms with van der Waals surface area (Å²) in [5.41, 5.74) is 0.220. The number of hydrogen-bond acceptors (Lipinski definition) is 4. The van der Waals surface area contributed by atoms with Crippen molar-refractivity contribution in [2.24, 2.45) is 5.92 Å². The third kappa shape index (κ3) is 2.84. The van der Waals surface area contributed by atoms with E-state index in [-0.39, 0.29) is 16.6 Å². The molecule has 0 aromatic carbocycles. The summed E-state index contributed by atoms with van der Waals surface area (Å²) >= 11 is 0. The predicted octanol–water partition coefficient (Wildman–Crippen LogP) is 2.15. The molecule has 1 aliphatic carbocycles. The van der Waals surface area contributed by atoms with Gasteiger partial charge < -0.3 is 0 Å². The summed E-state index contributed by atoms with van der Waals surface area (Å²) in [6, 6.07) is 4.82. The van der Waals surface area contributed by atoms with Crippen molar-refractivity contribution in [1.82, 2.24) is 9.29 Å². The van der Waals surface area contributed by atoms with Crippen LogP contribution in [0.25, 0.3) is 0 Å². The van der Waals surface area contributed by atoms with Gasteiger partial charge in [0, 0.05) is 19.3 Å². The van der Waals surface area contributed by atoms with Crippen molar-refractivity contribution in [1.29, 1.82) is 5.26 Å². The Kier molecular flexibility index (Phi) is 4.41. The Morgan fingerprint density at radius 2 is 2.05 bits per heavy atom. The van der Waals surface area contributed by atoms with Crippen LogP contribution >= 0.6 is 0 Å². The number of hydrogen-bond donors (Lipinski definition) is 0. The Bertz CT molecular complexity index is 604. The zero-order valence-electron chi connectivity index (χ0n) is 11.8. The molecule has 0 aliphatic heterocycles. The number of aromatic nitrogens is 1. The summed E-state index contributed by atoms with van der Waals surface area (Å²) in [7, 11) is -1.90. The largest absolute Gasteiger partial charge is 0.244 e. The van der Waals surface area contributed by atoms with Crippen LogP contribution in [0.4, 0.5) is 0 Å². The second kappa shape index (κ2) is 5.90. The minimum Gasteiger partial charge on any atom is -0.244 e. The average molecular weight is 293 g/mol. The van der Waals surface area contributed by atoms with E-state index in [1.54, 1.807) is 7.05 Å². The first-order valence-corrected chi connectivity index (χ1v) is 8.25. The lowest BCUT2D eigenvalue weighted by Gasteiger charge is -2.35. The van der Waals surface area contributed by atoms with Gasteiger partial charge in [-0.05, 0) is 30.9 Å². The van der Waals surface area contributed by atoms with Crippen LogP contribution in [0.1, 0.15) is 38.3 Å². The zero-order chi connectivity index (χ0) is 14.8. The maximum atomic E-state index is 12.6. The summed E-state index contributed by atoms with van der Waals surface area (Å²) in [6.45, 7) is 2.10. The molecule has 1 saturated carbocycles. The van der Waals surface area contributed by atoms with Gasteiger partial charge in [0.1, 0.15) is 16.7 Å². The molecule has 6 heteroatoms. The molecule has 1 heterocycles. The fourth-order valence-corrected chi connectivity index (χ4v) is 4.21. The number of rotatable bonds is 3. The Labute approximate surface area is 120 Å². The normalized spacial score (nSPS) is 23.5. The molecule has 1 aromatic rings. The molecule has 0 saturated heterocycles. The second-order valence-electron chi connectivity index (χ2n) is 5.34. The first-order valence-electron chi connectivity index (χ1n) is 6.81. The topological polar surface area (TPSA) is 74.1 Å². The van der Waals surface area contributed by atoms with Crippen molar-refractivity contribution in [2.45, 2.75) is 43.5 Å². The van der Waals surface area contributed by atoms with E-state index in [0.717, 1.165) is 19.3 Å². The van der Waals surface area contributed by atoms with Gasteiger partial charge in [-0.25, -0.2) is 13.4 Å². The van der Waals surface area contributed by atoms with E-state index in [9.17, 15) is 8.42 Å². The molecular weight excluding hydrogens is 274 g/mol. The van der Waals surface area contributed by atoms with Crippen molar-refractivity contribution >= 4 is 10.0 Å². The molecule has 20 heavy (non-hydrogen) atoms. The molecule has 0 bridgehead atoms.